The molecule has 1 fully saturated rings. The monoisotopic (exact) mass is 573 g/mol. The SMILES string of the molecule is Cc1nc2sc([C@H](c3ccc(Br)cc3)N3CCN(C(c4ccccc4)c4ccccc4)CC3)c(O)n2n1. The van der Waals surface area contributed by atoms with Crippen molar-refractivity contribution in [3.63, 3.8) is 0 Å². The Labute approximate surface area is 228 Å². The molecule has 0 aliphatic carbocycles. The third-order valence-electron chi connectivity index (χ3n) is 7.05. The molecule has 0 radical (unpaired) electrons. The Morgan fingerprint density at radius 1 is 0.757 bits per heavy atom. The van der Waals surface area contributed by atoms with Crippen LogP contribution in [0, 0.1) is 6.92 Å². The summed E-state index contributed by atoms with van der Waals surface area (Å²) in [5.74, 6) is 0.845. The summed E-state index contributed by atoms with van der Waals surface area (Å²) in [7, 11) is 0. The first-order valence-electron chi connectivity index (χ1n) is 12.5. The minimum absolute atomic E-state index is 0.0732. The average Bonchev–Trinajstić information content (AvgIpc) is 3.44. The Balaban J connectivity index is 1.32. The second kappa shape index (κ2) is 10.4. The second-order valence-corrected chi connectivity index (χ2v) is 11.3. The number of aromatic hydroxyl groups is 1. The molecule has 2 aromatic heterocycles. The number of aromatic nitrogens is 3. The van der Waals surface area contributed by atoms with Crippen molar-refractivity contribution in [2.75, 3.05) is 26.2 Å². The summed E-state index contributed by atoms with van der Waals surface area (Å²) in [5, 5.41) is 15.6. The van der Waals surface area contributed by atoms with Crippen molar-refractivity contribution in [3.05, 3.63) is 117 Å². The molecule has 3 heterocycles. The standard InChI is InChI=1S/C29H28BrN5OS/c1-20-31-29-35(32-20)28(36)27(37-29)26(23-12-14-24(30)15-13-23)34-18-16-33(17-19-34)25(21-8-4-2-5-9-21)22-10-6-3-7-11-22/h2-15,25-26,36H,16-19H2,1H3/t26-/m0/s1. The van der Waals surface area contributed by atoms with Gasteiger partial charge in [0.25, 0.3) is 0 Å². The van der Waals surface area contributed by atoms with Crippen LogP contribution in [-0.2, 0) is 0 Å². The minimum atomic E-state index is -0.0732. The lowest BCUT2D eigenvalue weighted by atomic mass is 9.96. The van der Waals surface area contributed by atoms with E-state index in [0.29, 0.717) is 5.82 Å². The predicted octanol–water partition coefficient (Wildman–Crippen LogP) is 6.06. The fourth-order valence-corrected chi connectivity index (χ4v) is 6.76. The van der Waals surface area contributed by atoms with E-state index < -0.39 is 0 Å². The topological polar surface area (TPSA) is 56.9 Å². The van der Waals surface area contributed by atoms with Gasteiger partial charge in [0, 0.05) is 30.7 Å². The average molecular weight is 575 g/mol. The molecule has 1 aliphatic rings. The van der Waals surface area contributed by atoms with Gasteiger partial charge < -0.3 is 5.11 Å². The smallest absolute Gasteiger partial charge is 0.230 e. The van der Waals surface area contributed by atoms with Crippen molar-refractivity contribution < 1.29 is 5.11 Å². The van der Waals surface area contributed by atoms with Crippen molar-refractivity contribution in [2.24, 2.45) is 0 Å². The molecule has 8 heteroatoms. The van der Waals surface area contributed by atoms with Gasteiger partial charge in [0.2, 0.25) is 10.8 Å². The second-order valence-electron chi connectivity index (χ2n) is 9.39. The van der Waals surface area contributed by atoms with E-state index >= 15 is 0 Å². The Kier molecular flexibility index (Phi) is 6.82. The number of hydrogen-bond acceptors (Lipinski definition) is 6. The van der Waals surface area contributed by atoms with E-state index in [9.17, 15) is 5.11 Å². The fourth-order valence-electron chi connectivity index (χ4n) is 5.34. The third-order valence-corrected chi connectivity index (χ3v) is 8.65. The highest BCUT2D eigenvalue weighted by Crippen LogP contribution is 2.41. The third kappa shape index (κ3) is 4.82. The van der Waals surface area contributed by atoms with Crippen LogP contribution in [0.5, 0.6) is 5.88 Å². The molecule has 1 atom stereocenters. The van der Waals surface area contributed by atoms with Crippen LogP contribution in [0.25, 0.3) is 4.96 Å². The number of thiazole rings is 1. The van der Waals surface area contributed by atoms with Crippen molar-refractivity contribution >= 4 is 32.2 Å². The number of nitrogens with zero attached hydrogens (tertiary/aromatic N) is 5. The largest absolute Gasteiger partial charge is 0.492 e. The van der Waals surface area contributed by atoms with Gasteiger partial charge in [-0.3, -0.25) is 9.80 Å². The van der Waals surface area contributed by atoms with Gasteiger partial charge in [0.1, 0.15) is 5.82 Å². The molecular formula is C29H28BrN5OS. The summed E-state index contributed by atoms with van der Waals surface area (Å²) in [4.78, 5) is 11.2. The lowest BCUT2D eigenvalue weighted by molar-refractivity contribution is 0.0899. The number of benzene rings is 3. The van der Waals surface area contributed by atoms with E-state index in [4.69, 9.17) is 0 Å². The maximum absolute atomic E-state index is 11.2. The molecule has 0 bridgehead atoms. The minimum Gasteiger partial charge on any atom is -0.492 e. The zero-order valence-corrected chi connectivity index (χ0v) is 22.9. The summed E-state index contributed by atoms with van der Waals surface area (Å²) in [6, 6.07) is 30.1. The van der Waals surface area contributed by atoms with Crippen LogP contribution in [0.15, 0.2) is 89.4 Å². The molecule has 1 aliphatic heterocycles. The molecule has 1 saturated heterocycles. The van der Waals surface area contributed by atoms with Gasteiger partial charge in [0.05, 0.1) is 17.0 Å². The highest BCUT2D eigenvalue weighted by atomic mass is 79.9. The van der Waals surface area contributed by atoms with E-state index in [1.807, 2.05) is 6.92 Å². The van der Waals surface area contributed by atoms with E-state index in [-0.39, 0.29) is 18.0 Å². The van der Waals surface area contributed by atoms with Crippen LogP contribution in [0.4, 0.5) is 0 Å². The van der Waals surface area contributed by atoms with Crippen LogP contribution in [-0.4, -0.2) is 55.7 Å². The van der Waals surface area contributed by atoms with E-state index in [1.165, 1.54) is 22.5 Å². The number of hydrogen-bond donors (Lipinski definition) is 1. The zero-order valence-electron chi connectivity index (χ0n) is 20.5. The molecule has 6 nitrogen and oxygen atoms in total. The lowest BCUT2D eigenvalue weighted by Gasteiger charge is -2.42. The lowest BCUT2D eigenvalue weighted by Crippen LogP contribution is -2.49. The van der Waals surface area contributed by atoms with Gasteiger partial charge in [-0.05, 0) is 35.7 Å². The quantitative estimate of drug-likeness (QED) is 0.267. The number of piperazine rings is 1. The number of fused-ring (bicyclic) bond motifs is 1. The summed E-state index contributed by atoms with van der Waals surface area (Å²) in [5.41, 5.74) is 3.77. The summed E-state index contributed by atoms with van der Waals surface area (Å²) in [6.07, 6.45) is 0. The van der Waals surface area contributed by atoms with Gasteiger partial charge in [-0.25, -0.2) is 4.98 Å². The van der Waals surface area contributed by atoms with Crippen LogP contribution in [0.2, 0.25) is 0 Å². The first kappa shape index (κ1) is 24.3. The number of rotatable bonds is 6. The molecule has 188 valence electrons. The summed E-state index contributed by atoms with van der Waals surface area (Å²) in [6.45, 7) is 5.44. The molecule has 5 aromatic rings. The molecule has 0 saturated carbocycles. The van der Waals surface area contributed by atoms with Gasteiger partial charge in [-0.15, -0.1) is 5.10 Å². The first-order valence-corrected chi connectivity index (χ1v) is 14.1. The van der Waals surface area contributed by atoms with Crippen LogP contribution >= 0.6 is 27.3 Å². The van der Waals surface area contributed by atoms with Crippen LogP contribution in [0.1, 0.15) is 39.5 Å². The highest BCUT2D eigenvalue weighted by molar-refractivity contribution is 9.10. The highest BCUT2D eigenvalue weighted by Gasteiger charge is 2.33. The predicted molar refractivity (Wildman–Crippen MR) is 151 cm³/mol. The maximum Gasteiger partial charge on any atom is 0.230 e. The van der Waals surface area contributed by atoms with Crippen molar-refractivity contribution in [1.29, 1.82) is 0 Å². The molecule has 3 aromatic carbocycles. The van der Waals surface area contributed by atoms with E-state index in [0.717, 1.165) is 46.1 Å². The first-order chi connectivity index (χ1) is 18.1. The van der Waals surface area contributed by atoms with Crippen molar-refractivity contribution in [3.8, 4) is 5.88 Å². The fraction of sp³-hybridized carbons (Fsp3) is 0.241. The van der Waals surface area contributed by atoms with Gasteiger partial charge >= 0.3 is 0 Å². The maximum atomic E-state index is 11.2. The molecule has 6 rings (SSSR count). The van der Waals surface area contributed by atoms with Crippen molar-refractivity contribution in [1.82, 2.24) is 24.4 Å². The molecule has 0 spiro atoms. The molecular weight excluding hydrogens is 546 g/mol. The van der Waals surface area contributed by atoms with E-state index in [2.05, 4.69) is 121 Å². The zero-order chi connectivity index (χ0) is 25.4. The van der Waals surface area contributed by atoms with Gasteiger partial charge in [0.15, 0.2) is 0 Å². The normalized spacial score (nSPS) is 16.0. The van der Waals surface area contributed by atoms with Gasteiger partial charge in [-0.1, -0.05) is 100 Å². The number of halogens is 1. The number of aryl methyl sites for hydroxylation is 1. The Hall–Kier alpha value is -3.04. The Morgan fingerprint density at radius 2 is 1.27 bits per heavy atom. The summed E-state index contributed by atoms with van der Waals surface area (Å²) >= 11 is 5.09. The summed E-state index contributed by atoms with van der Waals surface area (Å²) < 4.78 is 2.61. The van der Waals surface area contributed by atoms with Gasteiger partial charge in [-0.2, -0.15) is 4.52 Å². The molecule has 0 amide bonds. The van der Waals surface area contributed by atoms with Crippen molar-refractivity contribution in [2.45, 2.75) is 19.0 Å². The molecule has 37 heavy (non-hydrogen) atoms. The Morgan fingerprint density at radius 3 is 1.81 bits per heavy atom. The van der Waals surface area contributed by atoms with Crippen LogP contribution in [0.3, 0.4) is 0 Å². The van der Waals surface area contributed by atoms with E-state index in [1.54, 1.807) is 4.52 Å². The molecule has 1 N–H and O–H groups in total. The van der Waals surface area contributed by atoms with Crippen LogP contribution < -0.4 is 0 Å². The molecule has 0 unspecified atom stereocenters. The Bertz CT molecular complexity index is 1440.